The van der Waals surface area contributed by atoms with Gasteiger partial charge >= 0.3 is 5.97 Å². The standard InChI is InChI=1S/C11H16N2O2/c1-9-3-2-4-11(7-9,10(14)15)13-6-5-12-8-13/h5-6,8-9H,2-4,7H2,1H3,(H,14,15). The number of carboxylic acid groups (broad SMARTS) is 1. The van der Waals surface area contributed by atoms with Crippen molar-refractivity contribution in [2.24, 2.45) is 5.92 Å². The summed E-state index contributed by atoms with van der Waals surface area (Å²) in [7, 11) is 0. The highest BCUT2D eigenvalue weighted by molar-refractivity contribution is 5.76. The van der Waals surface area contributed by atoms with Crippen LogP contribution in [0.1, 0.15) is 32.6 Å². The van der Waals surface area contributed by atoms with Crippen molar-refractivity contribution in [2.75, 3.05) is 0 Å². The van der Waals surface area contributed by atoms with E-state index in [4.69, 9.17) is 0 Å². The molecule has 1 N–H and O–H groups in total. The summed E-state index contributed by atoms with van der Waals surface area (Å²) in [6.45, 7) is 2.12. The molecule has 2 atom stereocenters. The number of carboxylic acids is 1. The number of aromatic nitrogens is 2. The Hall–Kier alpha value is -1.32. The minimum Gasteiger partial charge on any atom is -0.479 e. The molecule has 1 aliphatic carbocycles. The summed E-state index contributed by atoms with van der Waals surface area (Å²) in [5.74, 6) is -0.260. The molecule has 0 spiro atoms. The zero-order valence-electron chi connectivity index (χ0n) is 8.89. The van der Waals surface area contributed by atoms with Crippen molar-refractivity contribution < 1.29 is 9.90 Å². The highest BCUT2D eigenvalue weighted by Gasteiger charge is 2.43. The van der Waals surface area contributed by atoms with E-state index in [1.807, 2.05) is 0 Å². The molecule has 1 fully saturated rings. The molecular formula is C11H16N2O2. The van der Waals surface area contributed by atoms with Gasteiger partial charge in [0.05, 0.1) is 6.33 Å². The van der Waals surface area contributed by atoms with Gasteiger partial charge in [0.25, 0.3) is 0 Å². The van der Waals surface area contributed by atoms with Crippen LogP contribution in [-0.4, -0.2) is 20.6 Å². The Bertz CT molecular complexity index is 347. The molecule has 82 valence electrons. The summed E-state index contributed by atoms with van der Waals surface area (Å²) < 4.78 is 1.75. The molecule has 0 bridgehead atoms. The topological polar surface area (TPSA) is 55.1 Å². The minimum atomic E-state index is -0.756. The molecular weight excluding hydrogens is 192 g/mol. The van der Waals surface area contributed by atoms with Crippen LogP contribution in [0.4, 0.5) is 0 Å². The minimum absolute atomic E-state index is 0.470. The molecule has 1 aromatic rings. The first kappa shape index (κ1) is 10.2. The van der Waals surface area contributed by atoms with Gasteiger partial charge in [-0.2, -0.15) is 0 Å². The zero-order valence-corrected chi connectivity index (χ0v) is 8.89. The molecule has 0 aliphatic heterocycles. The molecule has 0 radical (unpaired) electrons. The number of nitrogens with zero attached hydrogens (tertiary/aromatic N) is 2. The second-order valence-corrected chi connectivity index (χ2v) is 4.51. The van der Waals surface area contributed by atoms with E-state index in [2.05, 4.69) is 11.9 Å². The molecule has 1 heterocycles. The van der Waals surface area contributed by atoms with Gasteiger partial charge in [0.2, 0.25) is 0 Å². The highest BCUT2D eigenvalue weighted by atomic mass is 16.4. The second kappa shape index (κ2) is 3.68. The lowest BCUT2D eigenvalue weighted by atomic mass is 9.76. The van der Waals surface area contributed by atoms with Crippen LogP contribution in [0.5, 0.6) is 0 Å². The Morgan fingerprint density at radius 3 is 3.00 bits per heavy atom. The van der Waals surface area contributed by atoms with Gasteiger partial charge in [-0.15, -0.1) is 0 Å². The lowest BCUT2D eigenvalue weighted by molar-refractivity contribution is -0.150. The highest BCUT2D eigenvalue weighted by Crippen LogP contribution is 2.38. The molecule has 4 heteroatoms. The average molecular weight is 208 g/mol. The maximum absolute atomic E-state index is 11.5. The van der Waals surface area contributed by atoms with E-state index < -0.39 is 11.5 Å². The molecule has 4 nitrogen and oxygen atoms in total. The van der Waals surface area contributed by atoms with E-state index in [0.29, 0.717) is 18.8 Å². The summed E-state index contributed by atoms with van der Waals surface area (Å²) >= 11 is 0. The summed E-state index contributed by atoms with van der Waals surface area (Å²) in [6.07, 6.45) is 8.54. The fourth-order valence-corrected chi connectivity index (χ4v) is 2.58. The monoisotopic (exact) mass is 208 g/mol. The van der Waals surface area contributed by atoms with E-state index in [1.54, 1.807) is 23.3 Å². The van der Waals surface area contributed by atoms with Crippen LogP contribution in [0.15, 0.2) is 18.7 Å². The Labute approximate surface area is 88.9 Å². The summed E-state index contributed by atoms with van der Waals surface area (Å²) in [6, 6.07) is 0. The van der Waals surface area contributed by atoms with Crippen LogP contribution < -0.4 is 0 Å². The van der Waals surface area contributed by atoms with Crippen molar-refractivity contribution in [3.05, 3.63) is 18.7 Å². The Kier molecular flexibility index (Phi) is 2.50. The quantitative estimate of drug-likeness (QED) is 0.807. The van der Waals surface area contributed by atoms with E-state index >= 15 is 0 Å². The number of carbonyl (C=O) groups is 1. The molecule has 1 saturated carbocycles. The van der Waals surface area contributed by atoms with Gasteiger partial charge in [0.15, 0.2) is 0 Å². The number of hydrogen-bond acceptors (Lipinski definition) is 2. The van der Waals surface area contributed by atoms with Crippen molar-refractivity contribution in [1.82, 2.24) is 9.55 Å². The van der Waals surface area contributed by atoms with Crippen LogP contribution >= 0.6 is 0 Å². The van der Waals surface area contributed by atoms with E-state index in [9.17, 15) is 9.90 Å². The molecule has 0 saturated heterocycles. The SMILES string of the molecule is CC1CCCC(C(=O)O)(n2ccnc2)C1. The smallest absolute Gasteiger partial charge is 0.329 e. The molecule has 2 rings (SSSR count). The Balaban J connectivity index is 2.36. The number of rotatable bonds is 2. The predicted molar refractivity (Wildman–Crippen MR) is 55.5 cm³/mol. The lowest BCUT2D eigenvalue weighted by Gasteiger charge is -2.37. The van der Waals surface area contributed by atoms with Crippen molar-refractivity contribution in [3.63, 3.8) is 0 Å². The third-order valence-corrected chi connectivity index (χ3v) is 3.37. The largest absolute Gasteiger partial charge is 0.479 e. The zero-order chi connectivity index (χ0) is 10.9. The molecule has 1 aliphatic rings. The van der Waals surface area contributed by atoms with Gasteiger partial charge < -0.3 is 9.67 Å². The molecule has 0 amide bonds. The van der Waals surface area contributed by atoms with Gasteiger partial charge in [0.1, 0.15) is 5.54 Å². The Morgan fingerprint density at radius 2 is 2.47 bits per heavy atom. The maximum Gasteiger partial charge on any atom is 0.329 e. The lowest BCUT2D eigenvalue weighted by Crippen LogP contribution is -2.44. The number of hydrogen-bond donors (Lipinski definition) is 1. The van der Waals surface area contributed by atoms with Crippen LogP contribution in [-0.2, 0) is 10.3 Å². The molecule has 2 unspecified atom stereocenters. The molecule has 0 aromatic carbocycles. The van der Waals surface area contributed by atoms with Crippen LogP contribution in [0, 0.1) is 5.92 Å². The summed E-state index contributed by atoms with van der Waals surface area (Å²) in [5.41, 5.74) is -0.756. The van der Waals surface area contributed by atoms with Crippen LogP contribution in [0.2, 0.25) is 0 Å². The fraction of sp³-hybridized carbons (Fsp3) is 0.636. The van der Waals surface area contributed by atoms with E-state index in [0.717, 1.165) is 12.8 Å². The van der Waals surface area contributed by atoms with Gasteiger partial charge in [-0.25, -0.2) is 9.78 Å². The van der Waals surface area contributed by atoms with Crippen molar-refractivity contribution in [1.29, 1.82) is 0 Å². The van der Waals surface area contributed by atoms with E-state index in [-0.39, 0.29) is 0 Å². The van der Waals surface area contributed by atoms with Crippen LogP contribution in [0.3, 0.4) is 0 Å². The van der Waals surface area contributed by atoms with Gasteiger partial charge in [0, 0.05) is 12.4 Å². The Morgan fingerprint density at radius 1 is 1.67 bits per heavy atom. The first-order valence-electron chi connectivity index (χ1n) is 5.37. The second-order valence-electron chi connectivity index (χ2n) is 4.51. The summed E-state index contributed by atoms with van der Waals surface area (Å²) in [4.78, 5) is 15.4. The fourth-order valence-electron chi connectivity index (χ4n) is 2.58. The van der Waals surface area contributed by atoms with Gasteiger partial charge in [-0.3, -0.25) is 0 Å². The van der Waals surface area contributed by atoms with E-state index in [1.165, 1.54) is 0 Å². The van der Waals surface area contributed by atoms with Gasteiger partial charge in [-0.1, -0.05) is 19.8 Å². The number of imidazole rings is 1. The molecule has 1 aromatic heterocycles. The normalized spacial score (nSPS) is 31.4. The van der Waals surface area contributed by atoms with Crippen LogP contribution in [0.25, 0.3) is 0 Å². The molecule has 15 heavy (non-hydrogen) atoms. The average Bonchev–Trinajstić information content (AvgIpc) is 2.70. The summed E-state index contributed by atoms with van der Waals surface area (Å²) in [5, 5.41) is 9.43. The van der Waals surface area contributed by atoms with Gasteiger partial charge in [-0.05, 0) is 18.8 Å². The number of aliphatic carboxylic acids is 1. The maximum atomic E-state index is 11.5. The first-order chi connectivity index (χ1) is 7.15. The van der Waals surface area contributed by atoms with Crippen molar-refractivity contribution in [2.45, 2.75) is 38.1 Å². The predicted octanol–water partition coefficient (Wildman–Crippen LogP) is 1.87. The van der Waals surface area contributed by atoms with Crippen molar-refractivity contribution in [3.8, 4) is 0 Å². The third kappa shape index (κ3) is 1.64. The first-order valence-corrected chi connectivity index (χ1v) is 5.37. The third-order valence-electron chi connectivity index (χ3n) is 3.37. The van der Waals surface area contributed by atoms with Crippen molar-refractivity contribution >= 4 is 5.97 Å².